The smallest absolute Gasteiger partial charge is 0.347 e. The van der Waals surface area contributed by atoms with Gasteiger partial charge in [0.25, 0.3) is 0 Å². The van der Waals surface area contributed by atoms with Crippen LogP contribution in [0.3, 0.4) is 0 Å². The van der Waals surface area contributed by atoms with Crippen molar-refractivity contribution >= 4 is 31.2 Å². The summed E-state index contributed by atoms with van der Waals surface area (Å²) in [5.74, 6) is 1.30. The first-order valence-corrected chi connectivity index (χ1v) is 21.2. The molecule has 320 valence electrons. The highest BCUT2D eigenvalue weighted by Crippen LogP contribution is 2.41. The van der Waals surface area contributed by atoms with Gasteiger partial charge in [-0.25, -0.2) is 5.90 Å². The molecule has 0 aliphatic carbocycles. The molecule has 1 fully saturated rings. The number of benzene rings is 1. The SMILES string of the molecule is CC[C@H](C)[C@@H]([C@@H](CC(=O)N1C[C@H](ON)C[C@H]1[C@H](OC)[C@@H](C)C(=O)N[C@@H](Cc1ccccc1)P(=O)(O)O)OC)N(C)C(=O)[C@@H](NC(=O)[C@H](C(C)C)N(C)C)C(C)C. The van der Waals surface area contributed by atoms with E-state index in [1.807, 2.05) is 60.5 Å². The fourth-order valence-corrected chi connectivity index (χ4v) is 8.62. The minimum Gasteiger partial charge on any atom is -0.379 e. The van der Waals surface area contributed by atoms with E-state index in [9.17, 15) is 33.5 Å². The molecule has 0 unspecified atom stereocenters. The number of carbonyl (C=O) groups is 4. The molecule has 16 nitrogen and oxygen atoms in total. The minimum absolute atomic E-state index is 0.00687. The first-order valence-electron chi connectivity index (χ1n) is 19.5. The second-order valence-corrected chi connectivity index (χ2v) is 17.9. The quantitative estimate of drug-likeness (QED) is 0.0844. The Hall–Kier alpha value is -2.95. The predicted molar refractivity (Wildman–Crippen MR) is 214 cm³/mol. The Kier molecular flexibility index (Phi) is 19.6. The lowest BCUT2D eigenvalue weighted by Crippen LogP contribution is -2.59. The van der Waals surface area contributed by atoms with Gasteiger partial charge in [-0.2, -0.15) is 0 Å². The van der Waals surface area contributed by atoms with Crippen LogP contribution in [0.5, 0.6) is 0 Å². The van der Waals surface area contributed by atoms with Gasteiger partial charge in [0.1, 0.15) is 11.8 Å². The molecule has 6 N–H and O–H groups in total. The molecule has 0 aromatic heterocycles. The van der Waals surface area contributed by atoms with Gasteiger partial charge in [0.15, 0.2) is 0 Å². The first-order chi connectivity index (χ1) is 26.1. The summed E-state index contributed by atoms with van der Waals surface area (Å²) in [6.07, 6.45) is -1.59. The Morgan fingerprint density at radius 1 is 0.946 bits per heavy atom. The number of hydrogen-bond donors (Lipinski definition) is 5. The topological polar surface area (TPSA) is 213 Å². The van der Waals surface area contributed by atoms with E-state index in [2.05, 4.69) is 10.6 Å². The van der Waals surface area contributed by atoms with Gasteiger partial charge in [0.05, 0.1) is 48.8 Å². The van der Waals surface area contributed by atoms with Gasteiger partial charge >= 0.3 is 7.60 Å². The summed E-state index contributed by atoms with van der Waals surface area (Å²) in [4.78, 5) is 86.1. The highest BCUT2D eigenvalue weighted by Gasteiger charge is 2.46. The maximum absolute atomic E-state index is 14.3. The average molecular weight is 813 g/mol. The highest BCUT2D eigenvalue weighted by molar-refractivity contribution is 7.52. The number of amides is 4. The molecule has 1 aliphatic rings. The van der Waals surface area contributed by atoms with Crippen LogP contribution in [0.25, 0.3) is 0 Å². The molecule has 0 saturated carbocycles. The van der Waals surface area contributed by atoms with Crippen LogP contribution in [-0.2, 0) is 44.5 Å². The van der Waals surface area contributed by atoms with Crippen LogP contribution in [0.15, 0.2) is 30.3 Å². The Balaban J connectivity index is 2.37. The summed E-state index contributed by atoms with van der Waals surface area (Å²) in [7, 11) is 3.45. The third kappa shape index (κ3) is 13.0. The van der Waals surface area contributed by atoms with Crippen molar-refractivity contribution in [1.82, 2.24) is 25.3 Å². The van der Waals surface area contributed by atoms with Gasteiger partial charge in [-0.15, -0.1) is 0 Å². The van der Waals surface area contributed by atoms with E-state index in [1.165, 1.54) is 14.2 Å². The van der Waals surface area contributed by atoms with Crippen molar-refractivity contribution in [1.29, 1.82) is 0 Å². The molecule has 2 rings (SSSR count). The van der Waals surface area contributed by atoms with Gasteiger partial charge in [0, 0.05) is 40.7 Å². The molecule has 0 radical (unpaired) electrons. The van der Waals surface area contributed by atoms with Crippen molar-refractivity contribution in [3.63, 3.8) is 0 Å². The van der Waals surface area contributed by atoms with E-state index in [0.717, 1.165) is 0 Å². The standard InChI is InChI=1S/C39H69N6O10P/c1-13-25(6)35(44(10)39(49)33(23(2)3)42-38(48)34(24(4)5)43(8)9)30(53-11)21-32(46)45-22-28(55-40)20-29(45)36(54-12)26(7)37(47)41-31(56(50,51)52)19-27-17-15-14-16-18-27/h14-18,23-26,28-31,33-36H,13,19-22,40H2,1-12H3,(H,41,47)(H,42,48)(H2,50,51,52)/t25-,26+,28+,29-,30+,31+,33-,34-,35-,36+/m0/s1. The van der Waals surface area contributed by atoms with E-state index in [1.54, 1.807) is 54.1 Å². The molecule has 1 heterocycles. The van der Waals surface area contributed by atoms with Gasteiger partial charge in [-0.1, -0.05) is 85.2 Å². The molecule has 10 atom stereocenters. The maximum atomic E-state index is 14.3. The molecular weight excluding hydrogens is 743 g/mol. The Morgan fingerprint density at radius 2 is 1.55 bits per heavy atom. The number of nitrogens with zero attached hydrogens (tertiary/aromatic N) is 3. The lowest BCUT2D eigenvalue weighted by atomic mass is 9.89. The van der Waals surface area contributed by atoms with Crippen LogP contribution < -0.4 is 16.5 Å². The zero-order valence-electron chi connectivity index (χ0n) is 35.4. The molecule has 17 heteroatoms. The number of ether oxygens (including phenoxy) is 2. The molecule has 4 amide bonds. The zero-order valence-corrected chi connectivity index (χ0v) is 36.3. The number of nitrogens with two attached hydrogens (primary N) is 1. The fourth-order valence-electron chi connectivity index (χ4n) is 7.88. The van der Waals surface area contributed by atoms with E-state index >= 15 is 0 Å². The number of likely N-dealkylation sites (tertiary alicyclic amines) is 1. The molecule has 56 heavy (non-hydrogen) atoms. The van der Waals surface area contributed by atoms with Crippen LogP contribution in [-0.4, -0.2) is 138 Å². The predicted octanol–water partition coefficient (Wildman–Crippen LogP) is 2.37. The third-order valence-electron chi connectivity index (χ3n) is 11.1. The van der Waals surface area contributed by atoms with E-state index in [4.69, 9.17) is 20.2 Å². The first kappa shape index (κ1) is 49.2. The van der Waals surface area contributed by atoms with Gasteiger partial charge in [0.2, 0.25) is 23.6 Å². The lowest BCUT2D eigenvalue weighted by Gasteiger charge is -2.41. The van der Waals surface area contributed by atoms with Crippen molar-refractivity contribution in [2.24, 2.45) is 29.6 Å². The second kappa shape index (κ2) is 22.3. The monoisotopic (exact) mass is 812 g/mol. The van der Waals surface area contributed by atoms with Crippen molar-refractivity contribution in [2.75, 3.05) is 41.9 Å². The highest BCUT2D eigenvalue weighted by atomic mass is 31.2. The molecule has 1 aliphatic heterocycles. The number of likely N-dealkylation sites (N-methyl/N-ethyl adjacent to an activating group) is 2. The van der Waals surface area contributed by atoms with Crippen molar-refractivity contribution in [3.05, 3.63) is 35.9 Å². The lowest BCUT2D eigenvalue weighted by molar-refractivity contribution is -0.148. The summed E-state index contributed by atoms with van der Waals surface area (Å²) in [6.45, 7) is 13.3. The minimum atomic E-state index is -4.77. The van der Waals surface area contributed by atoms with Crippen molar-refractivity contribution < 1.29 is 47.8 Å². The zero-order chi connectivity index (χ0) is 42.7. The van der Waals surface area contributed by atoms with Crippen molar-refractivity contribution in [2.45, 2.75) is 122 Å². The largest absolute Gasteiger partial charge is 0.379 e. The van der Waals surface area contributed by atoms with E-state index in [-0.39, 0.29) is 61.3 Å². The Morgan fingerprint density at radius 3 is 2.02 bits per heavy atom. The normalized spacial score (nSPS) is 20.6. The molecule has 1 aromatic rings. The van der Waals surface area contributed by atoms with Crippen LogP contribution in [0.4, 0.5) is 0 Å². The van der Waals surface area contributed by atoms with Crippen LogP contribution in [0, 0.1) is 23.7 Å². The summed E-state index contributed by atoms with van der Waals surface area (Å²) in [6, 6.07) is 6.17. The van der Waals surface area contributed by atoms with Crippen LogP contribution >= 0.6 is 7.60 Å². The third-order valence-corrected chi connectivity index (χ3v) is 12.3. The number of rotatable bonds is 22. The van der Waals surface area contributed by atoms with Gasteiger partial charge in [-0.05, 0) is 37.4 Å². The van der Waals surface area contributed by atoms with E-state index in [0.29, 0.717) is 12.0 Å². The fraction of sp³-hybridized carbons (Fsp3) is 0.744. The maximum Gasteiger partial charge on any atom is 0.347 e. The summed E-state index contributed by atoms with van der Waals surface area (Å²) in [5.41, 5.74) is 0.636. The summed E-state index contributed by atoms with van der Waals surface area (Å²) < 4.78 is 24.3. The summed E-state index contributed by atoms with van der Waals surface area (Å²) in [5, 5.41) is 5.53. The molecule has 1 saturated heterocycles. The number of hydrogen-bond acceptors (Lipinski definition) is 10. The number of nitrogens with one attached hydrogen (secondary N) is 2. The number of carbonyl (C=O) groups excluding carboxylic acids is 4. The average Bonchev–Trinajstić information content (AvgIpc) is 3.56. The molecular formula is C39H69N6O10P. The Labute approximate surface area is 333 Å². The van der Waals surface area contributed by atoms with Crippen molar-refractivity contribution in [3.8, 4) is 0 Å². The van der Waals surface area contributed by atoms with Gasteiger partial charge < -0.3 is 39.7 Å². The second-order valence-electron chi connectivity index (χ2n) is 16.1. The molecule has 0 spiro atoms. The van der Waals surface area contributed by atoms with Crippen LogP contribution in [0.2, 0.25) is 0 Å². The summed E-state index contributed by atoms with van der Waals surface area (Å²) >= 11 is 0. The van der Waals surface area contributed by atoms with E-state index < -0.39 is 67.7 Å². The Bertz CT molecular complexity index is 1450. The molecule has 1 aromatic carbocycles. The number of methoxy groups -OCH3 is 2. The van der Waals surface area contributed by atoms with Crippen LogP contribution in [0.1, 0.15) is 73.3 Å². The van der Waals surface area contributed by atoms with Gasteiger partial charge in [-0.3, -0.25) is 33.5 Å². The molecule has 0 bridgehead atoms.